The molecule has 0 aliphatic rings. The first-order valence-corrected chi connectivity index (χ1v) is 9.15. The van der Waals surface area contributed by atoms with Gasteiger partial charge in [0.1, 0.15) is 0 Å². The van der Waals surface area contributed by atoms with Crippen molar-refractivity contribution in [2.75, 3.05) is 13.1 Å². The number of benzene rings is 1. The number of hydrogen-bond acceptors (Lipinski definition) is 3. The lowest BCUT2D eigenvalue weighted by Crippen LogP contribution is -2.32. The highest BCUT2D eigenvalue weighted by atomic mass is 16.2. The standard InChI is InChI=1S/C21H26N4O/c1-6-24(7-2)19(26)13-18-20(17-10-8-14(3)9-11-17)22-21-15(4)12-16(5)23-25(18)21/h8-12H,6-7,13H2,1-5H3. The van der Waals surface area contributed by atoms with Crippen LogP contribution in [0.15, 0.2) is 30.3 Å². The lowest BCUT2D eigenvalue weighted by molar-refractivity contribution is -0.130. The third-order valence-corrected chi connectivity index (χ3v) is 4.74. The van der Waals surface area contributed by atoms with Gasteiger partial charge in [0.05, 0.1) is 23.5 Å². The molecule has 26 heavy (non-hydrogen) atoms. The van der Waals surface area contributed by atoms with Crippen LogP contribution in [0.2, 0.25) is 0 Å². The highest BCUT2D eigenvalue weighted by Gasteiger charge is 2.21. The number of hydrogen-bond donors (Lipinski definition) is 0. The minimum Gasteiger partial charge on any atom is -0.343 e. The van der Waals surface area contributed by atoms with Crippen LogP contribution in [0.4, 0.5) is 0 Å². The van der Waals surface area contributed by atoms with E-state index in [1.165, 1.54) is 5.56 Å². The molecule has 0 atom stereocenters. The SMILES string of the molecule is CCN(CC)C(=O)Cc1c(-c2ccc(C)cc2)nc2c(C)cc(C)nn12. The van der Waals surface area contributed by atoms with Gasteiger partial charge in [-0.3, -0.25) is 4.79 Å². The van der Waals surface area contributed by atoms with Gasteiger partial charge in [0, 0.05) is 18.7 Å². The molecule has 0 fully saturated rings. The smallest absolute Gasteiger partial charge is 0.228 e. The molecule has 0 radical (unpaired) electrons. The minimum absolute atomic E-state index is 0.103. The molecule has 0 aliphatic heterocycles. The predicted molar refractivity (Wildman–Crippen MR) is 104 cm³/mol. The van der Waals surface area contributed by atoms with Crippen LogP contribution >= 0.6 is 0 Å². The Morgan fingerprint density at radius 1 is 1.08 bits per heavy atom. The Morgan fingerprint density at radius 2 is 1.73 bits per heavy atom. The first kappa shape index (κ1) is 18.1. The summed E-state index contributed by atoms with van der Waals surface area (Å²) in [5.41, 5.74) is 6.70. The van der Waals surface area contributed by atoms with E-state index in [4.69, 9.17) is 4.98 Å². The molecular weight excluding hydrogens is 324 g/mol. The summed E-state index contributed by atoms with van der Waals surface area (Å²) in [5.74, 6) is 0.103. The average molecular weight is 350 g/mol. The Morgan fingerprint density at radius 3 is 2.35 bits per heavy atom. The molecule has 3 aromatic rings. The molecule has 0 unspecified atom stereocenters. The summed E-state index contributed by atoms with van der Waals surface area (Å²) in [5, 5.41) is 4.65. The van der Waals surface area contributed by atoms with Gasteiger partial charge in [-0.2, -0.15) is 5.10 Å². The quantitative estimate of drug-likeness (QED) is 0.704. The van der Waals surface area contributed by atoms with Crippen molar-refractivity contribution < 1.29 is 4.79 Å². The van der Waals surface area contributed by atoms with Gasteiger partial charge in [-0.15, -0.1) is 0 Å². The van der Waals surface area contributed by atoms with Crippen LogP contribution in [0, 0.1) is 20.8 Å². The zero-order chi connectivity index (χ0) is 18.8. The summed E-state index contributed by atoms with van der Waals surface area (Å²) in [4.78, 5) is 19.5. The van der Waals surface area contributed by atoms with Gasteiger partial charge in [-0.25, -0.2) is 9.50 Å². The van der Waals surface area contributed by atoms with E-state index in [0.717, 1.165) is 33.9 Å². The third kappa shape index (κ3) is 3.34. The van der Waals surface area contributed by atoms with E-state index in [2.05, 4.69) is 36.3 Å². The Labute approximate surface area is 154 Å². The molecule has 5 heteroatoms. The van der Waals surface area contributed by atoms with Crippen LogP contribution in [-0.4, -0.2) is 38.5 Å². The van der Waals surface area contributed by atoms with E-state index < -0.39 is 0 Å². The summed E-state index contributed by atoms with van der Waals surface area (Å²) in [6.07, 6.45) is 0.294. The Bertz CT molecular complexity index is 937. The van der Waals surface area contributed by atoms with Gasteiger partial charge < -0.3 is 4.90 Å². The average Bonchev–Trinajstić information content (AvgIpc) is 2.95. The Balaban J connectivity index is 2.18. The number of nitrogens with zero attached hydrogens (tertiary/aromatic N) is 4. The maximum absolute atomic E-state index is 12.8. The van der Waals surface area contributed by atoms with Gasteiger partial charge in [0.2, 0.25) is 5.91 Å². The maximum atomic E-state index is 12.8. The Kier molecular flexibility index (Phi) is 5.07. The number of amides is 1. The van der Waals surface area contributed by atoms with E-state index in [0.29, 0.717) is 19.5 Å². The highest BCUT2D eigenvalue weighted by Crippen LogP contribution is 2.26. The van der Waals surface area contributed by atoms with Crippen molar-refractivity contribution in [3.63, 3.8) is 0 Å². The number of rotatable bonds is 5. The summed E-state index contributed by atoms with van der Waals surface area (Å²) in [6, 6.07) is 10.3. The van der Waals surface area contributed by atoms with E-state index in [1.54, 1.807) is 0 Å². The first-order valence-electron chi connectivity index (χ1n) is 9.15. The molecule has 0 saturated heterocycles. The number of fused-ring (bicyclic) bond motifs is 1. The molecule has 2 heterocycles. The highest BCUT2D eigenvalue weighted by molar-refractivity contribution is 5.81. The zero-order valence-corrected chi connectivity index (χ0v) is 16.2. The number of aromatic nitrogens is 3. The van der Waals surface area contributed by atoms with Crippen LogP contribution in [0.5, 0.6) is 0 Å². The summed E-state index contributed by atoms with van der Waals surface area (Å²) in [7, 11) is 0. The van der Waals surface area contributed by atoms with Crippen molar-refractivity contribution in [2.24, 2.45) is 0 Å². The van der Waals surface area contributed by atoms with Crippen LogP contribution in [0.25, 0.3) is 16.9 Å². The molecule has 0 saturated carbocycles. The van der Waals surface area contributed by atoms with Gasteiger partial charge in [0.25, 0.3) is 0 Å². The number of aryl methyl sites for hydroxylation is 3. The van der Waals surface area contributed by atoms with Crippen molar-refractivity contribution in [3.8, 4) is 11.3 Å². The van der Waals surface area contributed by atoms with Crippen molar-refractivity contribution >= 4 is 11.6 Å². The van der Waals surface area contributed by atoms with Crippen molar-refractivity contribution in [2.45, 2.75) is 41.0 Å². The number of likely N-dealkylation sites (N-methyl/N-ethyl adjacent to an activating group) is 1. The van der Waals surface area contributed by atoms with Crippen LogP contribution < -0.4 is 0 Å². The number of carbonyl (C=O) groups excluding carboxylic acids is 1. The molecule has 0 aliphatic carbocycles. The number of carbonyl (C=O) groups is 1. The van der Waals surface area contributed by atoms with Crippen LogP contribution in [-0.2, 0) is 11.2 Å². The van der Waals surface area contributed by atoms with E-state index in [-0.39, 0.29) is 5.91 Å². The lowest BCUT2D eigenvalue weighted by atomic mass is 10.1. The summed E-state index contributed by atoms with van der Waals surface area (Å²) >= 11 is 0. The fraction of sp³-hybridized carbons (Fsp3) is 0.381. The second kappa shape index (κ2) is 7.28. The first-order chi connectivity index (χ1) is 12.4. The maximum Gasteiger partial charge on any atom is 0.228 e. The number of imidazole rings is 1. The molecule has 1 amide bonds. The molecule has 136 valence electrons. The topological polar surface area (TPSA) is 50.5 Å². The van der Waals surface area contributed by atoms with Crippen molar-refractivity contribution in [1.29, 1.82) is 0 Å². The summed E-state index contributed by atoms with van der Waals surface area (Å²) in [6.45, 7) is 11.5. The monoisotopic (exact) mass is 350 g/mol. The van der Waals surface area contributed by atoms with Crippen molar-refractivity contribution in [3.05, 3.63) is 52.8 Å². The normalized spacial score (nSPS) is 11.1. The molecule has 3 rings (SSSR count). The van der Waals surface area contributed by atoms with E-state index in [1.807, 2.05) is 43.2 Å². The van der Waals surface area contributed by atoms with Gasteiger partial charge in [0.15, 0.2) is 5.65 Å². The van der Waals surface area contributed by atoms with Crippen LogP contribution in [0.3, 0.4) is 0 Å². The molecule has 5 nitrogen and oxygen atoms in total. The van der Waals surface area contributed by atoms with Gasteiger partial charge in [-0.05, 0) is 46.2 Å². The molecule has 0 bridgehead atoms. The second-order valence-electron chi connectivity index (χ2n) is 6.72. The van der Waals surface area contributed by atoms with E-state index >= 15 is 0 Å². The second-order valence-corrected chi connectivity index (χ2v) is 6.72. The molecule has 0 N–H and O–H groups in total. The zero-order valence-electron chi connectivity index (χ0n) is 16.2. The third-order valence-electron chi connectivity index (χ3n) is 4.74. The minimum atomic E-state index is 0.103. The fourth-order valence-electron chi connectivity index (χ4n) is 3.31. The van der Waals surface area contributed by atoms with Gasteiger partial charge in [-0.1, -0.05) is 29.8 Å². The van der Waals surface area contributed by atoms with E-state index in [9.17, 15) is 4.79 Å². The van der Waals surface area contributed by atoms with Gasteiger partial charge >= 0.3 is 0 Å². The largest absolute Gasteiger partial charge is 0.343 e. The fourth-order valence-corrected chi connectivity index (χ4v) is 3.31. The molecule has 0 spiro atoms. The van der Waals surface area contributed by atoms with Crippen LogP contribution in [0.1, 0.15) is 36.4 Å². The predicted octanol–water partition coefficient (Wildman–Crippen LogP) is 3.73. The van der Waals surface area contributed by atoms with Crippen molar-refractivity contribution in [1.82, 2.24) is 19.5 Å². The lowest BCUT2D eigenvalue weighted by Gasteiger charge is -2.18. The Hall–Kier alpha value is -2.69. The molecule has 1 aromatic carbocycles. The molecular formula is C21H26N4O. The molecule has 2 aromatic heterocycles. The summed E-state index contributed by atoms with van der Waals surface area (Å²) < 4.78 is 1.85.